The molecule has 1 atom stereocenters. The Morgan fingerprint density at radius 3 is 2.88 bits per heavy atom. The maximum atomic E-state index is 6.21. The number of hydrogen-bond acceptors (Lipinski definition) is 1. The summed E-state index contributed by atoms with van der Waals surface area (Å²) in [6, 6.07) is 6.07. The molecular weight excluding hydrogens is 253 g/mol. The van der Waals surface area contributed by atoms with Crippen molar-refractivity contribution in [3.63, 3.8) is 0 Å². The molecule has 0 saturated carbocycles. The van der Waals surface area contributed by atoms with Gasteiger partial charge in [-0.2, -0.15) is 0 Å². The van der Waals surface area contributed by atoms with Crippen molar-refractivity contribution >= 4 is 28.9 Å². The van der Waals surface area contributed by atoms with E-state index in [2.05, 4.69) is 17.9 Å². The van der Waals surface area contributed by atoms with Crippen LogP contribution in [0.1, 0.15) is 31.7 Å². The van der Waals surface area contributed by atoms with Crippen LogP contribution in [0.25, 0.3) is 0 Å². The van der Waals surface area contributed by atoms with E-state index in [0.717, 1.165) is 29.6 Å². The minimum Gasteiger partial charge on any atom is -0.371 e. The number of anilines is 1. The number of halogens is 2. The van der Waals surface area contributed by atoms with Gasteiger partial charge in [-0.25, -0.2) is 0 Å². The first-order valence-corrected chi connectivity index (χ1v) is 7.22. The van der Waals surface area contributed by atoms with Crippen LogP contribution in [0, 0.1) is 5.92 Å². The van der Waals surface area contributed by atoms with E-state index in [4.69, 9.17) is 23.2 Å². The van der Waals surface area contributed by atoms with Gasteiger partial charge in [-0.3, -0.25) is 0 Å². The third-order valence-electron chi connectivity index (χ3n) is 3.59. The van der Waals surface area contributed by atoms with Crippen LogP contribution >= 0.6 is 23.2 Å². The molecule has 0 N–H and O–H groups in total. The molecule has 1 aromatic carbocycles. The molecular formula is C14H19Cl2N. The molecule has 0 aromatic heterocycles. The number of nitrogens with zero attached hydrogens (tertiary/aromatic N) is 1. The van der Waals surface area contributed by atoms with Crippen LogP contribution in [0.4, 0.5) is 5.69 Å². The predicted molar refractivity (Wildman–Crippen MR) is 76.2 cm³/mol. The molecule has 0 radical (unpaired) electrons. The summed E-state index contributed by atoms with van der Waals surface area (Å²) in [7, 11) is 0. The topological polar surface area (TPSA) is 3.24 Å². The summed E-state index contributed by atoms with van der Waals surface area (Å²) in [4.78, 5) is 2.44. The van der Waals surface area contributed by atoms with Gasteiger partial charge in [0.25, 0.3) is 0 Å². The summed E-state index contributed by atoms with van der Waals surface area (Å²) in [5, 5.41) is 0.787. The van der Waals surface area contributed by atoms with Gasteiger partial charge in [0, 0.05) is 29.4 Å². The molecule has 94 valence electrons. The molecule has 0 bridgehead atoms. The first-order chi connectivity index (χ1) is 8.22. The van der Waals surface area contributed by atoms with Gasteiger partial charge < -0.3 is 4.90 Å². The van der Waals surface area contributed by atoms with Gasteiger partial charge in [-0.05, 0) is 37.3 Å². The average Bonchev–Trinajstić information content (AvgIpc) is 2.54. The Morgan fingerprint density at radius 2 is 2.12 bits per heavy atom. The predicted octanol–water partition coefficient (Wildman–Crippen LogP) is 4.71. The van der Waals surface area contributed by atoms with Crippen LogP contribution < -0.4 is 4.90 Å². The smallest absolute Gasteiger partial charge is 0.0509 e. The quantitative estimate of drug-likeness (QED) is 0.705. The Labute approximate surface area is 114 Å². The van der Waals surface area contributed by atoms with Crippen LogP contribution in [-0.2, 0) is 5.88 Å². The van der Waals surface area contributed by atoms with Crippen LogP contribution in [0.5, 0.6) is 0 Å². The van der Waals surface area contributed by atoms with Crippen molar-refractivity contribution in [3.8, 4) is 0 Å². The monoisotopic (exact) mass is 271 g/mol. The van der Waals surface area contributed by atoms with E-state index in [0.29, 0.717) is 5.88 Å². The first-order valence-electron chi connectivity index (χ1n) is 6.30. The highest BCUT2D eigenvalue weighted by molar-refractivity contribution is 6.32. The summed E-state index contributed by atoms with van der Waals surface area (Å²) in [5.41, 5.74) is 2.30. The van der Waals surface area contributed by atoms with E-state index in [1.807, 2.05) is 12.1 Å². The zero-order valence-electron chi connectivity index (χ0n) is 10.3. The normalized spacial score (nSPS) is 21.4. The highest BCUT2D eigenvalue weighted by atomic mass is 35.5. The highest BCUT2D eigenvalue weighted by Crippen LogP contribution is 2.31. The Bertz CT molecular complexity index is 378. The lowest BCUT2D eigenvalue weighted by Gasteiger charge is -2.25. The van der Waals surface area contributed by atoms with Gasteiger partial charge in [0.2, 0.25) is 0 Å². The van der Waals surface area contributed by atoms with Crippen molar-refractivity contribution in [2.45, 2.75) is 32.1 Å². The Hall–Kier alpha value is -0.400. The first kappa shape index (κ1) is 13.0. The molecule has 1 heterocycles. The third-order valence-corrected chi connectivity index (χ3v) is 4.21. The molecule has 1 aliphatic rings. The fourth-order valence-electron chi connectivity index (χ4n) is 2.48. The van der Waals surface area contributed by atoms with E-state index in [1.54, 1.807) is 0 Å². The maximum absolute atomic E-state index is 6.21. The third kappa shape index (κ3) is 3.08. The summed E-state index contributed by atoms with van der Waals surface area (Å²) in [5.74, 6) is 1.32. The molecule has 1 nitrogen and oxygen atoms in total. The Kier molecular flexibility index (Phi) is 4.58. The number of alkyl halides is 1. The molecule has 1 aliphatic heterocycles. The van der Waals surface area contributed by atoms with E-state index in [9.17, 15) is 0 Å². The van der Waals surface area contributed by atoms with Crippen LogP contribution in [0.3, 0.4) is 0 Å². The molecule has 0 aliphatic carbocycles. The van der Waals surface area contributed by atoms with Crippen molar-refractivity contribution in [2.75, 3.05) is 18.0 Å². The molecule has 2 rings (SSSR count). The zero-order chi connectivity index (χ0) is 12.3. The van der Waals surface area contributed by atoms with Gasteiger partial charge in [0.15, 0.2) is 0 Å². The van der Waals surface area contributed by atoms with Gasteiger partial charge in [-0.15, -0.1) is 11.6 Å². The second-order valence-electron chi connectivity index (χ2n) is 4.89. The van der Waals surface area contributed by atoms with E-state index < -0.39 is 0 Å². The van der Waals surface area contributed by atoms with Crippen LogP contribution in [0.2, 0.25) is 5.02 Å². The van der Waals surface area contributed by atoms with Crippen molar-refractivity contribution in [1.82, 2.24) is 0 Å². The van der Waals surface area contributed by atoms with Crippen molar-refractivity contribution in [1.29, 1.82) is 0 Å². The Balaban J connectivity index is 2.23. The second-order valence-corrected chi connectivity index (χ2v) is 5.57. The largest absolute Gasteiger partial charge is 0.371 e. The summed E-state index contributed by atoms with van der Waals surface area (Å²) < 4.78 is 0. The molecule has 0 amide bonds. The van der Waals surface area contributed by atoms with Crippen LogP contribution in [-0.4, -0.2) is 13.1 Å². The molecule has 3 heteroatoms. The molecule has 1 unspecified atom stereocenters. The van der Waals surface area contributed by atoms with Gasteiger partial charge in [-0.1, -0.05) is 24.6 Å². The van der Waals surface area contributed by atoms with Crippen molar-refractivity contribution in [3.05, 3.63) is 28.8 Å². The SMILES string of the molecule is CC1CCCN(c2cccc(Cl)c2CCl)CC1. The molecule has 17 heavy (non-hydrogen) atoms. The number of hydrogen-bond donors (Lipinski definition) is 0. The van der Waals surface area contributed by atoms with Crippen molar-refractivity contribution < 1.29 is 0 Å². The lowest BCUT2D eigenvalue weighted by molar-refractivity contribution is 0.521. The van der Waals surface area contributed by atoms with E-state index in [-0.39, 0.29) is 0 Å². The molecule has 1 fully saturated rings. The fraction of sp³-hybridized carbons (Fsp3) is 0.571. The minimum atomic E-state index is 0.487. The lowest BCUT2D eigenvalue weighted by atomic mass is 10.0. The van der Waals surface area contributed by atoms with Crippen LogP contribution in [0.15, 0.2) is 18.2 Å². The minimum absolute atomic E-state index is 0.487. The van der Waals surface area contributed by atoms with Gasteiger partial charge in [0.05, 0.1) is 5.88 Å². The average molecular weight is 272 g/mol. The maximum Gasteiger partial charge on any atom is 0.0509 e. The summed E-state index contributed by atoms with van der Waals surface area (Å²) >= 11 is 12.2. The fourth-order valence-corrected chi connectivity index (χ4v) is 3.07. The number of benzene rings is 1. The van der Waals surface area contributed by atoms with E-state index in [1.165, 1.54) is 24.9 Å². The molecule has 1 aromatic rings. The lowest BCUT2D eigenvalue weighted by Crippen LogP contribution is -2.25. The standard InChI is InChI=1S/C14H19Cl2N/c1-11-4-3-8-17(9-7-11)14-6-2-5-13(16)12(14)10-15/h2,5-6,11H,3-4,7-10H2,1H3. The molecule has 0 spiro atoms. The molecule has 1 saturated heterocycles. The van der Waals surface area contributed by atoms with E-state index >= 15 is 0 Å². The second kappa shape index (κ2) is 5.97. The number of rotatable bonds is 2. The highest BCUT2D eigenvalue weighted by Gasteiger charge is 2.17. The summed E-state index contributed by atoms with van der Waals surface area (Å²) in [6.07, 6.45) is 3.84. The Morgan fingerprint density at radius 1 is 1.29 bits per heavy atom. The summed E-state index contributed by atoms with van der Waals surface area (Å²) in [6.45, 7) is 4.57. The van der Waals surface area contributed by atoms with Gasteiger partial charge >= 0.3 is 0 Å². The van der Waals surface area contributed by atoms with Gasteiger partial charge in [0.1, 0.15) is 0 Å². The van der Waals surface area contributed by atoms with Crippen molar-refractivity contribution in [2.24, 2.45) is 5.92 Å². The zero-order valence-corrected chi connectivity index (χ0v) is 11.8.